The van der Waals surface area contributed by atoms with Crippen LogP contribution < -0.4 is 0 Å². The van der Waals surface area contributed by atoms with Crippen molar-refractivity contribution in [1.29, 1.82) is 0 Å². The molecule has 4 heteroatoms. The first-order valence-electron chi connectivity index (χ1n) is 5.66. The maximum absolute atomic E-state index is 5.60. The van der Waals surface area contributed by atoms with Crippen LogP contribution in [-0.2, 0) is 13.5 Å². The molecule has 0 spiro atoms. The summed E-state index contributed by atoms with van der Waals surface area (Å²) in [5, 5.41) is 9.23. The Bertz CT molecular complexity index is 666. The molecule has 0 aliphatic rings. The number of nitrogens with zero attached hydrogens (tertiary/aromatic N) is 3. The summed E-state index contributed by atoms with van der Waals surface area (Å²) in [6.07, 6.45) is 2.79. The van der Waals surface area contributed by atoms with Crippen molar-refractivity contribution in [1.82, 2.24) is 14.8 Å². The van der Waals surface area contributed by atoms with Crippen LogP contribution in [0, 0.1) is 0 Å². The lowest BCUT2D eigenvalue weighted by Crippen LogP contribution is -1.81. The van der Waals surface area contributed by atoms with Gasteiger partial charge in [-0.3, -0.25) is 0 Å². The van der Waals surface area contributed by atoms with Gasteiger partial charge in [-0.25, -0.2) is 0 Å². The van der Waals surface area contributed by atoms with E-state index in [0.29, 0.717) is 11.8 Å². The molecule has 2 aromatic heterocycles. The number of rotatable bonds is 2. The van der Waals surface area contributed by atoms with E-state index in [4.69, 9.17) is 4.42 Å². The van der Waals surface area contributed by atoms with Crippen molar-refractivity contribution in [2.24, 2.45) is 7.05 Å². The summed E-state index contributed by atoms with van der Waals surface area (Å²) in [5.41, 5.74) is 2.16. The molecule has 0 amide bonds. The predicted octanol–water partition coefficient (Wildman–Crippen LogP) is 2.79. The number of aryl methyl sites for hydroxylation is 2. The number of hydrogen-bond acceptors (Lipinski definition) is 3. The van der Waals surface area contributed by atoms with Crippen LogP contribution in [0.1, 0.15) is 12.8 Å². The topological polar surface area (TPSA) is 43.9 Å². The number of fused-ring (bicyclic) bond motifs is 1. The molecule has 0 N–H and O–H groups in total. The molecule has 0 unspecified atom stereocenters. The van der Waals surface area contributed by atoms with E-state index in [-0.39, 0.29) is 0 Å². The van der Waals surface area contributed by atoms with Crippen molar-refractivity contribution in [3.63, 3.8) is 0 Å². The van der Waals surface area contributed by atoms with E-state index in [0.717, 1.165) is 17.4 Å². The fourth-order valence-corrected chi connectivity index (χ4v) is 2.02. The predicted molar refractivity (Wildman–Crippen MR) is 65.6 cm³/mol. The van der Waals surface area contributed by atoms with Gasteiger partial charge in [-0.05, 0) is 6.07 Å². The highest BCUT2D eigenvalue weighted by molar-refractivity contribution is 5.93. The lowest BCUT2D eigenvalue weighted by atomic mass is 10.2. The van der Waals surface area contributed by atoms with Crippen molar-refractivity contribution >= 4 is 10.9 Å². The Morgan fingerprint density at radius 2 is 2.06 bits per heavy atom. The third-order valence-corrected chi connectivity index (χ3v) is 2.90. The molecule has 0 fully saturated rings. The third kappa shape index (κ3) is 1.53. The van der Waals surface area contributed by atoms with Crippen LogP contribution in [0.25, 0.3) is 22.4 Å². The molecule has 0 atom stereocenters. The number of aromatic nitrogens is 3. The highest BCUT2D eigenvalue weighted by atomic mass is 16.4. The van der Waals surface area contributed by atoms with Crippen LogP contribution >= 0.6 is 0 Å². The van der Waals surface area contributed by atoms with Gasteiger partial charge in [-0.15, -0.1) is 10.2 Å². The van der Waals surface area contributed by atoms with Crippen molar-refractivity contribution < 1.29 is 4.42 Å². The zero-order valence-corrected chi connectivity index (χ0v) is 9.84. The normalized spacial score (nSPS) is 11.2. The smallest absolute Gasteiger partial charge is 0.249 e. The van der Waals surface area contributed by atoms with Crippen LogP contribution in [0.5, 0.6) is 0 Å². The maximum atomic E-state index is 5.60. The fraction of sp³-hybridized carbons (Fsp3) is 0.231. The molecule has 0 aliphatic carbocycles. The molecule has 17 heavy (non-hydrogen) atoms. The zero-order valence-electron chi connectivity index (χ0n) is 9.84. The molecule has 3 aromatic rings. The molecular formula is C13H13N3O. The number of benzene rings is 1. The van der Waals surface area contributed by atoms with E-state index in [2.05, 4.69) is 26.9 Å². The van der Waals surface area contributed by atoms with Crippen LogP contribution in [0.2, 0.25) is 0 Å². The van der Waals surface area contributed by atoms with Gasteiger partial charge in [0.25, 0.3) is 0 Å². The van der Waals surface area contributed by atoms with Crippen LogP contribution in [0.3, 0.4) is 0 Å². The molecule has 0 bridgehead atoms. The molecule has 1 aromatic carbocycles. The Hall–Kier alpha value is -2.10. The quantitative estimate of drug-likeness (QED) is 0.676. The lowest BCUT2D eigenvalue weighted by Gasteiger charge is -1.93. The first-order valence-corrected chi connectivity index (χ1v) is 5.66. The van der Waals surface area contributed by atoms with Crippen molar-refractivity contribution in [2.75, 3.05) is 0 Å². The van der Waals surface area contributed by atoms with Crippen LogP contribution in [0.4, 0.5) is 0 Å². The van der Waals surface area contributed by atoms with Crippen molar-refractivity contribution in [3.8, 4) is 11.5 Å². The van der Waals surface area contributed by atoms with E-state index in [1.807, 2.05) is 32.3 Å². The van der Waals surface area contributed by atoms with Gasteiger partial charge >= 0.3 is 0 Å². The molecule has 0 radical (unpaired) electrons. The summed E-state index contributed by atoms with van der Waals surface area (Å²) in [6.45, 7) is 2.00. The van der Waals surface area contributed by atoms with E-state index < -0.39 is 0 Å². The molecule has 4 nitrogen and oxygen atoms in total. The highest BCUT2D eigenvalue weighted by Gasteiger charge is 2.13. The number of para-hydroxylation sites is 1. The van der Waals surface area contributed by atoms with Gasteiger partial charge in [0.1, 0.15) is 0 Å². The fourth-order valence-electron chi connectivity index (χ4n) is 2.02. The van der Waals surface area contributed by atoms with Crippen molar-refractivity contribution in [2.45, 2.75) is 13.3 Å². The molecule has 2 heterocycles. The lowest BCUT2D eigenvalue weighted by molar-refractivity contribution is 0.513. The van der Waals surface area contributed by atoms with Gasteiger partial charge in [0.05, 0.1) is 5.56 Å². The van der Waals surface area contributed by atoms with Gasteiger partial charge in [0.15, 0.2) is 0 Å². The summed E-state index contributed by atoms with van der Waals surface area (Å²) < 4.78 is 7.67. The SMILES string of the molecule is CCc1nnc(-c2cn(C)c3ccccc23)o1. The van der Waals surface area contributed by atoms with Gasteiger partial charge in [-0.1, -0.05) is 25.1 Å². The first kappa shape index (κ1) is 10.1. The van der Waals surface area contributed by atoms with E-state index in [1.165, 1.54) is 5.52 Å². The average molecular weight is 227 g/mol. The molecule has 0 saturated carbocycles. The number of hydrogen-bond donors (Lipinski definition) is 0. The Morgan fingerprint density at radius 1 is 1.24 bits per heavy atom. The molecule has 86 valence electrons. The largest absolute Gasteiger partial charge is 0.421 e. The Labute approximate surface area is 98.9 Å². The Morgan fingerprint density at radius 3 is 2.82 bits per heavy atom. The summed E-state index contributed by atoms with van der Waals surface area (Å²) >= 11 is 0. The second-order valence-corrected chi connectivity index (χ2v) is 4.03. The zero-order chi connectivity index (χ0) is 11.8. The Kier molecular flexibility index (Phi) is 2.21. The van der Waals surface area contributed by atoms with E-state index in [9.17, 15) is 0 Å². The highest BCUT2D eigenvalue weighted by Crippen LogP contribution is 2.28. The Balaban J connectivity index is 2.23. The van der Waals surface area contributed by atoms with E-state index in [1.54, 1.807) is 0 Å². The molecular weight excluding hydrogens is 214 g/mol. The minimum Gasteiger partial charge on any atom is -0.421 e. The van der Waals surface area contributed by atoms with Gasteiger partial charge in [-0.2, -0.15) is 0 Å². The van der Waals surface area contributed by atoms with E-state index >= 15 is 0 Å². The van der Waals surface area contributed by atoms with Crippen molar-refractivity contribution in [3.05, 3.63) is 36.4 Å². The standard InChI is InChI=1S/C13H13N3O/c1-3-12-14-15-13(17-12)10-8-16(2)11-7-5-4-6-9(10)11/h4-8H,3H2,1-2H3. The second-order valence-electron chi connectivity index (χ2n) is 4.03. The minimum absolute atomic E-state index is 0.596. The summed E-state index contributed by atoms with van der Waals surface area (Å²) in [5.74, 6) is 1.27. The summed E-state index contributed by atoms with van der Waals surface area (Å²) in [7, 11) is 2.02. The summed E-state index contributed by atoms with van der Waals surface area (Å²) in [6, 6.07) is 8.19. The monoisotopic (exact) mass is 227 g/mol. The second kappa shape index (κ2) is 3.73. The third-order valence-electron chi connectivity index (χ3n) is 2.90. The van der Waals surface area contributed by atoms with Gasteiger partial charge < -0.3 is 8.98 Å². The molecule has 0 aliphatic heterocycles. The first-order chi connectivity index (χ1) is 8.29. The van der Waals surface area contributed by atoms with Crippen LogP contribution in [0.15, 0.2) is 34.9 Å². The van der Waals surface area contributed by atoms with Gasteiger partial charge in [0.2, 0.25) is 11.8 Å². The average Bonchev–Trinajstić information content (AvgIpc) is 2.95. The van der Waals surface area contributed by atoms with Crippen LogP contribution in [-0.4, -0.2) is 14.8 Å². The molecule has 3 rings (SSSR count). The minimum atomic E-state index is 0.596. The summed E-state index contributed by atoms with van der Waals surface area (Å²) in [4.78, 5) is 0. The van der Waals surface area contributed by atoms with Gasteiger partial charge in [0, 0.05) is 30.6 Å². The molecule has 0 saturated heterocycles. The maximum Gasteiger partial charge on any atom is 0.249 e.